The first kappa shape index (κ1) is 14.0. The van der Waals surface area contributed by atoms with Crippen LogP contribution in [0.4, 0.5) is 4.39 Å². The van der Waals surface area contributed by atoms with Gasteiger partial charge in [0.2, 0.25) is 0 Å². The van der Waals surface area contributed by atoms with Crippen LogP contribution in [-0.2, 0) is 6.42 Å². The second-order valence-corrected chi connectivity index (χ2v) is 5.18. The van der Waals surface area contributed by atoms with Crippen molar-refractivity contribution in [3.05, 3.63) is 69.5 Å². The van der Waals surface area contributed by atoms with Crippen molar-refractivity contribution in [2.45, 2.75) is 26.4 Å². The summed E-state index contributed by atoms with van der Waals surface area (Å²) in [6, 6.07) is 10.5. The number of rotatable bonds is 3. The predicted octanol–water partition coefficient (Wildman–Crippen LogP) is 4.37. The minimum Gasteiger partial charge on any atom is -0.388 e. The molecule has 2 aromatic carbocycles. The van der Waals surface area contributed by atoms with E-state index in [0.29, 0.717) is 6.42 Å². The van der Waals surface area contributed by atoms with Gasteiger partial charge in [-0.25, -0.2) is 4.39 Å². The molecule has 3 heteroatoms. The third-order valence-corrected chi connectivity index (χ3v) is 3.58. The number of hydrogen-bond acceptors (Lipinski definition) is 1. The summed E-state index contributed by atoms with van der Waals surface area (Å²) in [5, 5.41) is 10.4. The summed E-state index contributed by atoms with van der Waals surface area (Å²) in [6.07, 6.45) is -0.186. The van der Waals surface area contributed by atoms with E-state index >= 15 is 0 Å². The highest BCUT2D eigenvalue weighted by atomic mass is 35.5. The highest BCUT2D eigenvalue weighted by Crippen LogP contribution is 2.26. The second-order valence-electron chi connectivity index (χ2n) is 4.77. The molecule has 0 radical (unpaired) electrons. The van der Waals surface area contributed by atoms with Crippen molar-refractivity contribution in [3.8, 4) is 0 Å². The van der Waals surface area contributed by atoms with E-state index in [9.17, 15) is 9.50 Å². The highest BCUT2D eigenvalue weighted by molar-refractivity contribution is 6.30. The minimum atomic E-state index is -0.609. The molecule has 2 aromatic rings. The van der Waals surface area contributed by atoms with Gasteiger partial charge >= 0.3 is 0 Å². The molecule has 0 saturated carbocycles. The number of halogens is 2. The van der Waals surface area contributed by atoms with Gasteiger partial charge in [-0.1, -0.05) is 35.9 Å². The maximum absolute atomic E-state index is 13.1. The van der Waals surface area contributed by atoms with Gasteiger partial charge in [-0.05, 0) is 48.2 Å². The zero-order chi connectivity index (χ0) is 14.0. The summed E-state index contributed by atoms with van der Waals surface area (Å²) >= 11 is 5.75. The SMILES string of the molecule is Cc1cccc(C)c1C(O)Cc1ccc(F)c(Cl)c1. The molecule has 1 unspecified atom stereocenters. The molecule has 0 aliphatic rings. The summed E-state index contributed by atoms with van der Waals surface area (Å²) in [5.74, 6) is -0.438. The highest BCUT2D eigenvalue weighted by Gasteiger charge is 2.14. The molecule has 0 aromatic heterocycles. The van der Waals surface area contributed by atoms with Crippen LogP contribution < -0.4 is 0 Å². The Labute approximate surface area is 117 Å². The molecule has 0 heterocycles. The maximum Gasteiger partial charge on any atom is 0.141 e. The fourth-order valence-corrected chi connectivity index (χ4v) is 2.55. The van der Waals surface area contributed by atoms with Crippen molar-refractivity contribution in [1.82, 2.24) is 0 Å². The van der Waals surface area contributed by atoms with Gasteiger partial charge in [-0.3, -0.25) is 0 Å². The molecule has 19 heavy (non-hydrogen) atoms. The average molecular weight is 279 g/mol. The standard InChI is InChI=1S/C16H16ClFO/c1-10-4-3-5-11(2)16(10)15(19)9-12-6-7-14(18)13(17)8-12/h3-8,15,19H,9H2,1-2H3. The smallest absolute Gasteiger partial charge is 0.141 e. The Bertz CT molecular complexity index is 575. The Morgan fingerprint density at radius 1 is 1.16 bits per heavy atom. The van der Waals surface area contributed by atoms with E-state index in [1.807, 2.05) is 32.0 Å². The summed E-state index contributed by atoms with van der Waals surface area (Å²) in [5.41, 5.74) is 3.87. The quantitative estimate of drug-likeness (QED) is 0.884. The molecule has 1 N–H and O–H groups in total. The second kappa shape index (κ2) is 5.72. The van der Waals surface area contributed by atoms with E-state index < -0.39 is 11.9 Å². The van der Waals surface area contributed by atoms with E-state index in [-0.39, 0.29) is 5.02 Å². The summed E-state index contributed by atoms with van der Waals surface area (Å²) < 4.78 is 13.1. The summed E-state index contributed by atoms with van der Waals surface area (Å²) in [7, 11) is 0. The van der Waals surface area contributed by atoms with Crippen LogP contribution in [0.15, 0.2) is 36.4 Å². The van der Waals surface area contributed by atoms with Crippen molar-refractivity contribution in [1.29, 1.82) is 0 Å². The molecule has 0 fully saturated rings. The summed E-state index contributed by atoms with van der Waals surface area (Å²) in [4.78, 5) is 0. The van der Waals surface area contributed by atoms with Crippen LogP contribution >= 0.6 is 11.6 Å². The maximum atomic E-state index is 13.1. The van der Waals surface area contributed by atoms with Crippen LogP contribution in [0.5, 0.6) is 0 Å². The Morgan fingerprint density at radius 3 is 2.37 bits per heavy atom. The topological polar surface area (TPSA) is 20.2 Å². The molecule has 2 rings (SSSR count). The van der Waals surface area contributed by atoms with Gasteiger partial charge < -0.3 is 5.11 Å². The van der Waals surface area contributed by atoms with Crippen LogP contribution in [0.3, 0.4) is 0 Å². The average Bonchev–Trinajstić information content (AvgIpc) is 2.33. The third kappa shape index (κ3) is 3.14. The van der Waals surface area contributed by atoms with Crippen molar-refractivity contribution in [3.63, 3.8) is 0 Å². The van der Waals surface area contributed by atoms with Crippen molar-refractivity contribution >= 4 is 11.6 Å². The van der Waals surface area contributed by atoms with E-state index in [2.05, 4.69) is 0 Å². The Morgan fingerprint density at radius 2 is 1.79 bits per heavy atom. The lowest BCUT2D eigenvalue weighted by Crippen LogP contribution is -2.06. The van der Waals surface area contributed by atoms with Crippen LogP contribution in [0, 0.1) is 19.7 Å². The fourth-order valence-electron chi connectivity index (χ4n) is 2.34. The van der Waals surface area contributed by atoms with Crippen molar-refractivity contribution < 1.29 is 9.50 Å². The van der Waals surface area contributed by atoms with E-state index in [1.54, 1.807) is 12.1 Å². The molecular formula is C16H16ClFO. The molecule has 100 valence electrons. The van der Waals surface area contributed by atoms with Crippen LogP contribution in [0.2, 0.25) is 5.02 Å². The van der Waals surface area contributed by atoms with Gasteiger partial charge in [0, 0.05) is 6.42 Å². The zero-order valence-electron chi connectivity index (χ0n) is 11.0. The Balaban J connectivity index is 2.25. The van der Waals surface area contributed by atoms with Crippen molar-refractivity contribution in [2.75, 3.05) is 0 Å². The van der Waals surface area contributed by atoms with E-state index in [4.69, 9.17) is 11.6 Å². The van der Waals surface area contributed by atoms with Gasteiger partial charge in [0.05, 0.1) is 11.1 Å². The summed E-state index contributed by atoms with van der Waals surface area (Å²) in [6.45, 7) is 3.95. The fraction of sp³-hybridized carbons (Fsp3) is 0.250. The molecule has 0 amide bonds. The lowest BCUT2D eigenvalue weighted by molar-refractivity contribution is 0.177. The zero-order valence-corrected chi connectivity index (χ0v) is 11.7. The molecule has 0 saturated heterocycles. The van der Waals surface area contributed by atoms with Gasteiger partial charge in [-0.2, -0.15) is 0 Å². The molecule has 0 spiro atoms. The van der Waals surface area contributed by atoms with Gasteiger partial charge in [-0.15, -0.1) is 0 Å². The third-order valence-electron chi connectivity index (χ3n) is 3.29. The Kier molecular flexibility index (Phi) is 4.23. The van der Waals surface area contributed by atoms with Gasteiger partial charge in [0.25, 0.3) is 0 Å². The van der Waals surface area contributed by atoms with Crippen LogP contribution in [-0.4, -0.2) is 5.11 Å². The lowest BCUT2D eigenvalue weighted by Gasteiger charge is -2.16. The molecule has 1 atom stereocenters. The first-order valence-corrected chi connectivity index (χ1v) is 6.55. The van der Waals surface area contributed by atoms with E-state index in [1.165, 1.54) is 6.07 Å². The molecule has 0 bridgehead atoms. The van der Waals surface area contributed by atoms with Crippen LogP contribution in [0.1, 0.15) is 28.4 Å². The first-order chi connectivity index (χ1) is 8.99. The lowest BCUT2D eigenvalue weighted by atomic mass is 9.94. The number of aliphatic hydroxyl groups excluding tert-OH is 1. The number of hydrogen-bond donors (Lipinski definition) is 1. The van der Waals surface area contributed by atoms with Crippen LogP contribution in [0.25, 0.3) is 0 Å². The van der Waals surface area contributed by atoms with Gasteiger partial charge in [0.15, 0.2) is 0 Å². The minimum absolute atomic E-state index is 0.0891. The largest absolute Gasteiger partial charge is 0.388 e. The molecule has 0 aliphatic carbocycles. The van der Waals surface area contributed by atoms with Crippen molar-refractivity contribution in [2.24, 2.45) is 0 Å². The monoisotopic (exact) mass is 278 g/mol. The number of aryl methyl sites for hydroxylation is 2. The molecular weight excluding hydrogens is 263 g/mol. The van der Waals surface area contributed by atoms with E-state index in [0.717, 1.165) is 22.3 Å². The normalized spacial score (nSPS) is 12.5. The predicted molar refractivity (Wildman–Crippen MR) is 76.0 cm³/mol. The number of aliphatic hydroxyl groups is 1. The Hall–Kier alpha value is -1.38. The number of benzene rings is 2. The van der Waals surface area contributed by atoms with Gasteiger partial charge in [0.1, 0.15) is 5.82 Å². The molecule has 0 aliphatic heterocycles. The molecule has 1 nitrogen and oxygen atoms in total. The first-order valence-electron chi connectivity index (χ1n) is 6.17.